The molecular weight excluding hydrogens is 268 g/mol. The number of carbonyl (C=O) groups is 1. The Morgan fingerprint density at radius 3 is 2.89 bits per heavy atom. The molecule has 2 aromatic rings. The molecule has 8 heteroatoms. The molecule has 0 N–H and O–H groups in total. The third kappa shape index (κ3) is 3.37. The van der Waals surface area contributed by atoms with E-state index in [0.717, 1.165) is 28.6 Å². The smallest absolute Gasteiger partial charge is 0.243 e. The number of aryl methyl sites for hydroxylation is 1. The molecule has 2 rings (SSSR count). The lowest BCUT2D eigenvalue weighted by Gasteiger charge is -1.98. The maximum atomic E-state index is 12.0. The topological polar surface area (TPSA) is 78.5 Å². The first-order valence-corrected chi connectivity index (χ1v) is 6.61. The Morgan fingerprint density at radius 1 is 1.37 bits per heavy atom. The molecule has 0 saturated heterocycles. The van der Waals surface area contributed by atoms with Gasteiger partial charge in [-0.25, -0.2) is 14.8 Å². The average molecular weight is 283 g/mol. The molecule has 0 amide bonds. The first-order valence-electron chi connectivity index (χ1n) is 6.23. The number of halogens is 1. The van der Waals surface area contributed by atoms with Crippen molar-refractivity contribution in [3.63, 3.8) is 0 Å². The van der Waals surface area contributed by atoms with Gasteiger partial charge in [-0.3, -0.25) is 0 Å². The van der Waals surface area contributed by atoms with Crippen molar-refractivity contribution in [3.05, 3.63) is 23.8 Å². The number of rotatable bonds is 5. The van der Waals surface area contributed by atoms with Gasteiger partial charge in [0, 0.05) is 6.42 Å². The Balaban J connectivity index is 2.02. The van der Waals surface area contributed by atoms with Crippen LogP contribution in [0.4, 0.5) is 4.79 Å². The summed E-state index contributed by atoms with van der Waals surface area (Å²) in [5.41, 5.74) is 0. The third-order valence-electron chi connectivity index (χ3n) is 2.66. The predicted molar refractivity (Wildman–Crippen MR) is 69.1 cm³/mol. The van der Waals surface area contributed by atoms with Crippen LogP contribution in [0.1, 0.15) is 38.4 Å². The zero-order chi connectivity index (χ0) is 13.7. The van der Waals surface area contributed by atoms with Gasteiger partial charge in [0.15, 0.2) is 5.82 Å². The number of unbranched alkanes of at least 4 members (excludes halogenated alkanes) is 3. The van der Waals surface area contributed by atoms with Gasteiger partial charge >= 0.3 is 6.03 Å². The second-order valence-corrected chi connectivity index (χ2v) is 4.48. The predicted octanol–water partition coefficient (Wildman–Crippen LogP) is 2.16. The SMILES string of the molecule is CCCCCCc1nc(Cl)n(C(=O)n2cncn2)n1. The van der Waals surface area contributed by atoms with Crippen LogP contribution in [-0.4, -0.2) is 35.6 Å². The van der Waals surface area contributed by atoms with Crippen LogP contribution in [-0.2, 0) is 6.42 Å². The normalized spacial score (nSPS) is 10.8. The van der Waals surface area contributed by atoms with Gasteiger partial charge in [-0.15, -0.1) is 9.78 Å². The summed E-state index contributed by atoms with van der Waals surface area (Å²) in [7, 11) is 0. The molecule has 0 aromatic carbocycles. The lowest BCUT2D eigenvalue weighted by molar-refractivity contribution is 0.238. The molecular formula is C11H15ClN6O. The van der Waals surface area contributed by atoms with Gasteiger partial charge in [-0.1, -0.05) is 26.2 Å². The van der Waals surface area contributed by atoms with Gasteiger partial charge in [0.25, 0.3) is 0 Å². The number of hydrogen-bond donors (Lipinski definition) is 0. The van der Waals surface area contributed by atoms with E-state index in [1.54, 1.807) is 0 Å². The Labute approximate surface area is 115 Å². The monoisotopic (exact) mass is 282 g/mol. The van der Waals surface area contributed by atoms with Crippen LogP contribution in [0, 0.1) is 0 Å². The molecule has 0 fully saturated rings. The molecule has 102 valence electrons. The first kappa shape index (κ1) is 13.7. The summed E-state index contributed by atoms with van der Waals surface area (Å²) in [6, 6.07) is -0.491. The average Bonchev–Trinajstić information content (AvgIpc) is 3.03. The summed E-state index contributed by atoms with van der Waals surface area (Å²) in [6.07, 6.45) is 7.76. The van der Waals surface area contributed by atoms with Crippen LogP contribution in [0.15, 0.2) is 12.7 Å². The molecule has 0 atom stereocenters. The highest BCUT2D eigenvalue weighted by molar-refractivity contribution is 6.29. The first-order chi connectivity index (χ1) is 9.22. The van der Waals surface area contributed by atoms with E-state index < -0.39 is 6.03 Å². The quantitative estimate of drug-likeness (QED) is 0.785. The van der Waals surface area contributed by atoms with E-state index in [0.29, 0.717) is 5.82 Å². The summed E-state index contributed by atoms with van der Waals surface area (Å²) < 4.78 is 2.09. The van der Waals surface area contributed by atoms with Gasteiger partial charge in [0.05, 0.1) is 0 Å². The highest BCUT2D eigenvalue weighted by atomic mass is 35.5. The van der Waals surface area contributed by atoms with Crippen molar-refractivity contribution in [1.82, 2.24) is 29.5 Å². The van der Waals surface area contributed by atoms with Crippen molar-refractivity contribution in [3.8, 4) is 0 Å². The zero-order valence-electron chi connectivity index (χ0n) is 10.7. The van der Waals surface area contributed by atoms with Crippen molar-refractivity contribution in [1.29, 1.82) is 0 Å². The number of hydrogen-bond acceptors (Lipinski definition) is 5. The lowest BCUT2D eigenvalue weighted by Crippen LogP contribution is -2.21. The van der Waals surface area contributed by atoms with E-state index >= 15 is 0 Å². The molecule has 2 aromatic heterocycles. The number of aromatic nitrogens is 6. The van der Waals surface area contributed by atoms with Crippen molar-refractivity contribution >= 4 is 17.6 Å². The van der Waals surface area contributed by atoms with Crippen LogP contribution in [0.25, 0.3) is 0 Å². The molecule has 2 heterocycles. The second kappa shape index (κ2) is 6.42. The molecule has 0 aliphatic carbocycles. The Bertz CT molecular complexity index is 535. The zero-order valence-corrected chi connectivity index (χ0v) is 11.4. The third-order valence-corrected chi connectivity index (χ3v) is 2.91. The summed E-state index contributed by atoms with van der Waals surface area (Å²) in [5.74, 6) is 0.578. The fraction of sp³-hybridized carbons (Fsp3) is 0.545. The fourth-order valence-electron chi connectivity index (χ4n) is 1.67. The maximum Gasteiger partial charge on any atom is 0.373 e. The van der Waals surface area contributed by atoms with Crippen molar-refractivity contribution in [2.24, 2.45) is 0 Å². The van der Waals surface area contributed by atoms with E-state index in [4.69, 9.17) is 11.6 Å². The highest BCUT2D eigenvalue weighted by Crippen LogP contribution is 2.10. The number of carbonyl (C=O) groups excluding carboxylic acids is 1. The molecule has 7 nitrogen and oxygen atoms in total. The van der Waals surface area contributed by atoms with E-state index in [1.807, 2.05) is 0 Å². The van der Waals surface area contributed by atoms with Crippen molar-refractivity contribution in [2.75, 3.05) is 0 Å². The van der Waals surface area contributed by atoms with Crippen molar-refractivity contribution in [2.45, 2.75) is 39.0 Å². The molecule has 0 radical (unpaired) electrons. The van der Waals surface area contributed by atoms with Gasteiger partial charge in [-0.2, -0.15) is 9.78 Å². The molecule has 0 aliphatic rings. The van der Waals surface area contributed by atoms with Crippen LogP contribution in [0.2, 0.25) is 5.28 Å². The molecule has 0 aliphatic heterocycles. The Morgan fingerprint density at radius 2 is 2.21 bits per heavy atom. The standard InChI is InChI=1S/C11H15ClN6O/c1-2-3-4-5-6-9-15-10(12)18(16-9)11(19)17-8-13-7-14-17/h7-8H,2-6H2,1H3. The lowest BCUT2D eigenvalue weighted by atomic mass is 10.1. The highest BCUT2D eigenvalue weighted by Gasteiger charge is 2.16. The van der Waals surface area contributed by atoms with E-state index in [1.165, 1.54) is 25.5 Å². The van der Waals surface area contributed by atoms with Crippen LogP contribution in [0.5, 0.6) is 0 Å². The molecule has 0 spiro atoms. The van der Waals surface area contributed by atoms with Crippen LogP contribution < -0.4 is 0 Å². The summed E-state index contributed by atoms with van der Waals surface area (Å²) in [4.78, 5) is 19.7. The van der Waals surface area contributed by atoms with Gasteiger partial charge < -0.3 is 0 Å². The number of nitrogens with zero attached hydrogens (tertiary/aromatic N) is 6. The summed E-state index contributed by atoms with van der Waals surface area (Å²) in [6.45, 7) is 2.15. The molecule has 19 heavy (non-hydrogen) atoms. The minimum absolute atomic E-state index is 0.0472. The molecule has 0 saturated carbocycles. The minimum atomic E-state index is -0.491. The summed E-state index contributed by atoms with van der Waals surface area (Å²) in [5, 5.41) is 7.88. The molecule has 0 unspecified atom stereocenters. The van der Waals surface area contributed by atoms with Crippen LogP contribution >= 0.6 is 11.6 Å². The van der Waals surface area contributed by atoms with Crippen LogP contribution in [0.3, 0.4) is 0 Å². The van der Waals surface area contributed by atoms with Gasteiger partial charge in [0.1, 0.15) is 12.7 Å². The maximum absolute atomic E-state index is 12.0. The second-order valence-electron chi connectivity index (χ2n) is 4.14. The van der Waals surface area contributed by atoms with E-state index in [2.05, 4.69) is 27.1 Å². The van der Waals surface area contributed by atoms with Gasteiger partial charge in [-0.05, 0) is 18.0 Å². The van der Waals surface area contributed by atoms with Crippen molar-refractivity contribution < 1.29 is 4.79 Å². The minimum Gasteiger partial charge on any atom is -0.243 e. The Hall–Kier alpha value is -1.76. The van der Waals surface area contributed by atoms with E-state index in [-0.39, 0.29) is 5.28 Å². The fourth-order valence-corrected chi connectivity index (χ4v) is 1.88. The van der Waals surface area contributed by atoms with E-state index in [9.17, 15) is 4.79 Å². The van der Waals surface area contributed by atoms with Gasteiger partial charge in [0.2, 0.25) is 5.28 Å². The Kier molecular flexibility index (Phi) is 4.62. The molecule has 0 bridgehead atoms. The summed E-state index contributed by atoms with van der Waals surface area (Å²) >= 11 is 5.90. The largest absolute Gasteiger partial charge is 0.373 e.